The van der Waals surface area contributed by atoms with E-state index in [1.54, 1.807) is 18.2 Å². The third-order valence-corrected chi connectivity index (χ3v) is 2.76. The predicted molar refractivity (Wildman–Crippen MR) is 66.0 cm³/mol. The number of hydrogen-bond donors (Lipinski definition) is 0. The molecule has 0 atom stereocenters. The summed E-state index contributed by atoms with van der Waals surface area (Å²) in [6, 6.07) is 15.7. The standard InChI is InChI=1S/C12H9NO3S/c14-13(15)11-8-4-5-9-12(11)16-17-10-6-2-1-3-7-10/h1-9H. The summed E-state index contributed by atoms with van der Waals surface area (Å²) in [5.41, 5.74) is -0.0315. The van der Waals surface area contributed by atoms with E-state index in [9.17, 15) is 10.1 Å². The third kappa shape index (κ3) is 2.98. The van der Waals surface area contributed by atoms with E-state index in [0.29, 0.717) is 0 Å². The molecule has 0 aliphatic rings. The van der Waals surface area contributed by atoms with Crippen molar-refractivity contribution in [1.82, 2.24) is 0 Å². The molecule has 2 aromatic rings. The SMILES string of the molecule is O=[N+]([O-])c1ccccc1OSc1ccccc1. The number of nitrogens with zero attached hydrogens (tertiary/aromatic N) is 1. The Balaban J connectivity index is 2.12. The van der Waals surface area contributed by atoms with Gasteiger partial charge in [-0.15, -0.1) is 0 Å². The quantitative estimate of drug-likeness (QED) is 0.470. The minimum Gasteiger partial charge on any atom is -0.413 e. The Morgan fingerprint density at radius 2 is 1.65 bits per heavy atom. The Bertz CT molecular complexity index is 516. The molecule has 17 heavy (non-hydrogen) atoms. The van der Waals surface area contributed by atoms with Crippen molar-refractivity contribution in [2.24, 2.45) is 0 Å². The first kappa shape index (κ1) is 11.5. The molecule has 2 rings (SSSR count). The molecular formula is C12H9NO3S. The molecule has 0 heterocycles. The molecule has 0 radical (unpaired) electrons. The smallest absolute Gasteiger partial charge is 0.312 e. The second-order valence-electron chi connectivity index (χ2n) is 3.20. The van der Waals surface area contributed by atoms with E-state index in [1.807, 2.05) is 30.3 Å². The highest BCUT2D eigenvalue weighted by molar-refractivity contribution is 7.95. The number of nitro groups is 1. The summed E-state index contributed by atoms with van der Waals surface area (Å²) in [6.45, 7) is 0. The summed E-state index contributed by atoms with van der Waals surface area (Å²) in [4.78, 5) is 11.2. The first-order chi connectivity index (χ1) is 8.27. The average molecular weight is 247 g/mol. The molecule has 5 heteroatoms. The Labute approximate surface area is 103 Å². The Morgan fingerprint density at radius 1 is 1.00 bits per heavy atom. The van der Waals surface area contributed by atoms with Crippen molar-refractivity contribution in [3.8, 4) is 5.75 Å². The summed E-state index contributed by atoms with van der Waals surface area (Å²) in [5, 5.41) is 10.7. The molecule has 0 saturated carbocycles. The van der Waals surface area contributed by atoms with Gasteiger partial charge in [0.15, 0.2) is 0 Å². The Kier molecular flexibility index (Phi) is 3.62. The van der Waals surface area contributed by atoms with Gasteiger partial charge in [-0.1, -0.05) is 30.3 Å². The van der Waals surface area contributed by atoms with E-state index in [1.165, 1.54) is 6.07 Å². The van der Waals surface area contributed by atoms with Gasteiger partial charge in [-0.05, 0) is 18.2 Å². The first-order valence-electron chi connectivity index (χ1n) is 4.90. The van der Waals surface area contributed by atoms with Crippen LogP contribution in [-0.2, 0) is 0 Å². The summed E-state index contributed by atoms with van der Waals surface area (Å²) in [7, 11) is 0. The monoisotopic (exact) mass is 247 g/mol. The molecule has 0 spiro atoms. The highest BCUT2D eigenvalue weighted by atomic mass is 32.2. The fourth-order valence-corrected chi connectivity index (χ4v) is 1.84. The van der Waals surface area contributed by atoms with Gasteiger partial charge >= 0.3 is 5.69 Å². The Hall–Kier alpha value is -2.01. The highest BCUT2D eigenvalue weighted by Gasteiger charge is 2.14. The predicted octanol–water partition coefficient (Wildman–Crippen LogP) is 3.68. The summed E-state index contributed by atoms with van der Waals surface area (Å²) < 4.78 is 5.36. The molecule has 0 N–H and O–H groups in total. The van der Waals surface area contributed by atoms with Gasteiger partial charge in [-0.2, -0.15) is 0 Å². The molecule has 0 unspecified atom stereocenters. The lowest BCUT2D eigenvalue weighted by molar-refractivity contribution is -0.385. The molecule has 2 aromatic carbocycles. The van der Waals surface area contributed by atoms with E-state index in [4.69, 9.17) is 4.18 Å². The van der Waals surface area contributed by atoms with Gasteiger partial charge in [0.25, 0.3) is 0 Å². The van der Waals surface area contributed by atoms with Crippen molar-refractivity contribution < 1.29 is 9.11 Å². The zero-order valence-corrected chi connectivity index (χ0v) is 9.59. The lowest BCUT2D eigenvalue weighted by Crippen LogP contribution is -1.91. The van der Waals surface area contributed by atoms with Crippen LogP contribution < -0.4 is 4.18 Å². The fourth-order valence-electron chi connectivity index (χ4n) is 1.25. The van der Waals surface area contributed by atoms with Crippen molar-refractivity contribution in [2.45, 2.75) is 4.90 Å². The minimum absolute atomic E-state index is 0.0315. The lowest BCUT2D eigenvalue weighted by atomic mass is 10.3. The van der Waals surface area contributed by atoms with Gasteiger partial charge in [0, 0.05) is 11.0 Å². The summed E-state index contributed by atoms with van der Waals surface area (Å²) >= 11 is 1.10. The van der Waals surface area contributed by atoms with E-state index in [0.717, 1.165) is 16.9 Å². The van der Waals surface area contributed by atoms with Gasteiger partial charge < -0.3 is 4.18 Å². The molecule has 0 amide bonds. The van der Waals surface area contributed by atoms with Crippen LogP contribution in [0.15, 0.2) is 59.5 Å². The molecule has 0 bridgehead atoms. The second kappa shape index (κ2) is 5.36. The molecule has 0 aliphatic carbocycles. The van der Waals surface area contributed by atoms with Crippen molar-refractivity contribution in [3.05, 3.63) is 64.7 Å². The van der Waals surface area contributed by atoms with Crippen LogP contribution in [0.1, 0.15) is 0 Å². The molecule has 0 aliphatic heterocycles. The van der Waals surface area contributed by atoms with E-state index < -0.39 is 4.92 Å². The molecule has 4 nitrogen and oxygen atoms in total. The maximum Gasteiger partial charge on any atom is 0.312 e. The number of hydrogen-bond acceptors (Lipinski definition) is 4. The van der Waals surface area contributed by atoms with Crippen molar-refractivity contribution in [2.75, 3.05) is 0 Å². The molecular weight excluding hydrogens is 238 g/mol. The lowest BCUT2D eigenvalue weighted by Gasteiger charge is -2.03. The largest absolute Gasteiger partial charge is 0.413 e. The number of para-hydroxylation sites is 2. The number of rotatable bonds is 4. The van der Waals surface area contributed by atoms with E-state index in [-0.39, 0.29) is 11.4 Å². The van der Waals surface area contributed by atoms with Crippen LogP contribution in [0.2, 0.25) is 0 Å². The van der Waals surface area contributed by atoms with Gasteiger partial charge in [-0.25, -0.2) is 0 Å². The highest BCUT2D eigenvalue weighted by Crippen LogP contribution is 2.31. The van der Waals surface area contributed by atoms with Crippen LogP contribution in [0, 0.1) is 10.1 Å². The first-order valence-corrected chi connectivity index (χ1v) is 5.64. The average Bonchev–Trinajstić information content (AvgIpc) is 2.38. The molecule has 0 fully saturated rings. The number of benzene rings is 2. The zero-order chi connectivity index (χ0) is 12.1. The molecule has 0 aromatic heterocycles. The molecule has 0 saturated heterocycles. The molecule has 86 valence electrons. The summed E-state index contributed by atoms with van der Waals surface area (Å²) in [6.07, 6.45) is 0. The van der Waals surface area contributed by atoms with Crippen LogP contribution >= 0.6 is 12.0 Å². The van der Waals surface area contributed by atoms with Gasteiger partial charge in [0.05, 0.1) is 17.0 Å². The van der Waals surface area contributed by atoms with E-state index >= 15 is 0 Å². The topological polar surface area (TPSA) is 52.4 Å². The Morgan fingerprint density at radius 3 is 2.35 bits per heavy atom. The van der Waals surface area contributed by atoms with Crippen molar-refractivity contribution >= 4 is 17.7 Å². The van der Waals surface area contributed by atoms with Gasteiger partial charge in [0.2, 0.25) is 5.75 Å². The fraction of sp³-hybridized carbons (Fsp3) is 0. The van der Waals surface area contributed by atoms with Gasteiger partial charge in [-0.3, -0.25) is 10.1 Å². The minimum atomic E-state index is -0.457. The zero-order valence-electron chi connectivity index (χ0n) is 8.78. The third-order valence-electron chi connectivity index (χ3n) is 2.03. The van der Waals surface area contributed by atoms with Crippen LogP contribution in [0.3, 0.4) is 0 Å². The summed E-state index contributed by atoms with van der Waals surface area (Å²) in [5.74, 6) is 0.256. The van der Waals surface area contributed by atoms with Crippen molar-refractivity contribution in [3.63, 3.8) is 0 Å². The maximum absolute atomic E-state index is 10.7. The van der Waals surface area contributed by atoms with Crippen molar-refractivity contribution in [1.29, 1.82) is 0 Å². The van der Waals surface area contributed by atoms with Gasteiger partial charge in [0.1, 0.15) is 0 Å². The maximum atomic E-state index is 10.7. The van der Waals surface area contributed by atoms with Crippen LogP contribution in [0.4, 0.5) is 5.69 Å². The van der Waals surface area contributed by atoms with Crippen LogP contribution in [0.5, 0.6) is 5.75 Å². The van der Waals surface area contributed by atoms with Crippen LogP contribution in [0.25, 0.3) is 0 Å². The second-order valence-corrected chi connectivity index (χ2v) is 4.01. The van der Waals surface area contributed by atoms with E-state index in [2.05, 4.69) is 0 Å². The number of nitro benzene ring substituents is 1. The normalized spacial score (nSPS) is 9.88. The van der Waals surface area contributed by atoms with Crippen LogP contribution in [-0.4, -0.2) is 4.92 Å².